The molecule has 0 aromatic carbocycles. The second-order valence-electron chi connectivity index (χ2n) is 4.37. The second-order valence-corrected chi connectivity index (χ2v) is 6.71. The van der Waals surface area contributed by atoms with Crippen LogP contribution in [0.15, 0.2) is 12.2 Å². The molecule has 0 amide bonds. The van der Waals surface area contributed by atoms with E-state index in [0.717, 1.165) is 31.3 Å². The fourth-order valence-electron chi connectivity index (χ4n) is 2.07. The fourth-order valence-corrected chi connectivity index (χ4v) is 4.13. The molecule has 2 unspecified atom stereocenters. The summed E-state index contributed by atoms with van der Waals surface area (Å²) in [6.07, 6.45) is 4.01. The lowest BCUT2D eigenvalue weighted by atomic mass is 10.00. The summed E-state index contributed by atoms with van der Waals surface area (Å²) in [5.74, 6) is 0.309. The van der Waals surface area contributed by atoms with Crippen LogP contribution in [0.5, 0.6) is 0 Å². The van der Waals surface area contributed by atoms with Crippen LogP contribution in [-0.2, 0) is 9.84 Å². The molecule has 0 spiro atoms. The Labute approximate surface area is 92.7 Å². The van der Waals surface area contributed by atoms with Crippen molar-refractivity contribution in [3.63, 3.8) is 0 Å². The van der Waals surface area contributed by atoms with Crippen molar-refractivity contribution < 1.29 is 8.42 Å². The molecule has 4 heteroatoms. The lowest BCUT2D eigenvalue weighted by Crippen LogP contribution is -2.43. The van der Waals surface area contributed by atoms with Gasteiger partial charge in [0.1, 0.15) is 0 Å². The first-order chi connectivity index (χ1) is 6.97. The summed E-state index contributed by atoms with van der Waals surface area (Å²) >= 11 is 0. The average molecular weight is 231 g/mol. The van der Waals surface area contributed by atoms with Gasteiger partial charge in [-0.3, -0.25) is 0 Å². The number of rotatable bonds is 4. The molecule has 0 radical (unpaired) electrons. The van der Waals surface area contributed by atoms with Crippen molar-refractivity contribution in [2.75, 3.05) is 5.75 Å². The molecule has 0 aromatic rings. The highest BCUT2D eigenvalue weighted by Crippen LogP contribution is 2.24. The zero-order chi connectivity index (χ0) is 11.5. The van der Waals surface area contributed by atoms with Gasteiger partial charge in [0.25, 0.3) is 0 Å². The van der Waals surface area contributed by atoms with Crippen molar-refractivity contribution in [3.05, 3.63) is 12.2 Å². The molecule has 0 saturated carbocycles. The Hall–Kier alpha value is -0.350. The van der Waals surface area contributed by atoms with Gasteiger partial charge in [0.2, 0.25) is 0 Å². The summed E-state index contributed by atoms with van der Waals surface area (Å²) in [7, 11) is -2.94. The average Bonchev–Trinajstić information content (AvgIpc) is 2.16. The van der Waals surface area contributed by atoms with E-state index < -0.39 is 9.84 Å². The van der Waals surface area contributed by atoms with Gasteiger partial charge in [0.15, 0.2) is 9.84 Å². The van der Waals surface area contributed by atoms with Gasteiger partial charge in [0.05, 0.1) is 11.0 Å². The van der Waals surface area contributed by atoms with E-state index in [1.54, 1.807) is 0 Å². The van der Waals surface area contributed by atoms with E-state index in [2.05, 4.69) is 6.58 Å². The van der Waals surface area contributed by atoms with Gasteiger partial charge in [-0.1, -0.05) is 25.5 Å². The van der Waals surface area contributed by atoms with Crippen molar-refractivity contribution in [3.8, 4) is 0 Å². The highest BCUT2D eigenvalue weighted by Gasteiger charge is 2.33. The van der Waals surface area contributed by atoms with Gasteiger partial charge < -0.3 is 5.73 Å². The predicted molar refractivity (Wildman–Crippen MR) is 63.4 cm³/mol. The Bertz CT molecular complexity index is 321. The molecular weight excluding hydrogens is 210 g/mol. The van der Waals surface area contributed by atoms with E-state index in [0.29, 0.717) is 12.2 Å². The molecule has 1 rings (SSSR count). The largest absolute Gasteiger partial charge is 0.326 e. The van der Waals surface area contributed by atoms with Crippen molar-refractivity contribution in [1.29, 1.82) is 0 Å². The van der Waals surface area contributed by atoms with Crippen molar-refractivity contribution in [2.24, 2.45) is 5.73 Å². The Balaban J connectivity index is 2.65. The zero-order valence-electron chi connectivity index (χ0n) is 9.41. The van der Waals surface area contributed by atoms with Crippen molar-refractivity contribution in [1.82, 2.24) is 0 Å². The molecule has 1 heterocycles. The predicted octanol–water partition coefficient (Wildman–Crippen LogP) is 1.64. The monoisotopic (exact) mass is 231 g/mol. The van der Waals surface area contributed by atoms with E-state index in [-0.39, 0.29) is 11.3 Å². The summed E-state index contributed by atoms with van der Waals surface area (Å²) in [6, 6.07) is -0.261. The number of sulfone groups is 1. The zero-order valence-corrected chi connectivity index (χ0v) is 10.2. The molecule has 3 nitrogen and oxygen atoms in total. The van der Waals surface area contributed by atoms with Gasteiger partial charge in [-0.25, -0.2) is 8.42 Å². The summed E-state index contributed by atoms with van der Waals surface area (Å²) in [4.78, 5) is 0. The van der Waals surface area contributed by atoms with Crippen LogP contribution in [0.4, 0.5) is 0 Å². The second kappa shape index (κ2) is 5.12. The lowest BCUT2D eigenvalue weighted by Gasteiger charge is -2.27. The summed E-state index contributed by atoms with van der Waals surface area (Å²) < 4.78 is 23.6. The van der Waals surface area contributed by atoms with Crippen LogP contribution < -0.4 is 5.73 Å². The molecule has 1 aliphatic heterocycles. The quantitative estimate of drug-likeness (QED) is 0.748. The molecule has 0 aromatic heterocycles. The van der Waals surface area contributed by atoms with Crippen LogP contribution in [0.1, 0.15) is 39.0 Å². The number of hydrogen-bond acceptors (Lipinski definition) is 3. The maximum absolute atomic E-state index is 11.8. The molecule has 88 valence electrons. The van der Waals surface area contributed by atoms with E-state index >= 15 is 0 Å². The Morgan fingerprint density at radius 1 is 1.53 bits per heavy atom. The summed E-state index contributed by atoms with van der Waals surface area (Å²) in [6.45, 7) is 5.90. The van der Waals surface area contributed by atoms with Crippen LogP contribution in [0, 0.1) is 0 Å². The van der Waals surface area contributed by atoms with Crippen LogP contribution in [0.2, 0.25) is 0 Å². The smallest absolute Gasteiger partial charge is 0.154 e. The van der Waals surface area contributed by atoms with Crippen LogP contribution >= 0.6 is 0 Å². The first-order valence-electron chi connectivity index (χ1n) is 5.61. The highest BCUT2D eigenvalue weighted by atomic mass is 32.2. The highest BCUT2D eigenvalue weighted by molar-refractivity contribution is 7.92. The van der Waals surface area contributed by atoms with E-state index in [4.69, 9.17) is 5.73 Å². The molecule has 15 heavy (non-hydrogen) atoms. The third-order valence-electron chi connectivity index (χ3n) is 3.13. The Morgan fingerprint density at radius 2 is 2.20 bits per heavy atom. The van der Waals surface area contributed by atoms with Gasteiger partial charge in [-0.15, -0.1) is 0 Å². The SMILES string of the molecule is C=C(CC)CC(N)C1CCCCS1(=O)=O. The molecule has 0 bridgehead atoms. The van der Waals surface area contributed by atoms with Gasteiger partial charge in [-0.2, -0.15) is 0 Å². The molecule has 0 aliphatic carbocycles. The molecule has 1 aliphatic rings. The lowest BCUT2D eigenvalue weighted by molar-refractivity contribution is 0.493. The Morgan fingerprint density at radius 3 is 2.73 bits per heavy atom. The normalized spacial score (nSPS) is 27.2. The number of hydrogen-bond donors (Lipinski definition) is 1. The van der Waals surface area contributed by atoms with Crippen molar-refractivity contribution in [2.45, 2.75) is 50.3 Å². The van der Waals surface area contributed by atoms with Crippen LogP contribution in [0.3, 0.4) is 0 Å². The minimum atomic E-state index is -2.94. The number of nitrogens with two attached hydrogens (primary N) is 1. The van der Waals surface area contributed by atoms with Gasteiger partial charge in [-0.05, 0) is 25.7 Å². The fraction of sp³-hybridized carbons (Fsp3) is 0.818. The standard InChI is InChI=1S/C11H21NO2S/c1-3-9(2)8-10(12)11-6-4-5-7-15(11,13)14/h10-11H,2-8,12H2,1H3. The van der Waals surface area contributed by atoms with E-state index in [9.17, 15) is 8.42 Å². The topological polar surface area (TPSA) is 60.2 Å². The molecule has 1 fully saturated rings. The van der Waals surface area contributed by atoms with E-state index in [1.807, 2.05) is 6.92 Å². The van der Waals surface area contributed by atoms with Crippen LogP contribution in [-0.4, -0.2) is 25.5 Å². The van der Waals surface area contributed by atoms with E-state index in [1.165, 1.54) is 0 Å². The van der Waals surface area contributed by atoms with Crippen molar-refractivity contribution >= 4 is 9.84 Å². The first-order valence-corrected chi connectivity index (χ1v) is 7.32. The van der Waals surface area contributed by atoms with Gasteiger partial charge >= 0.3 is 0 Å². The summed E-state index contributed by atoms with van der Waals surface area (Å²) in [5.41, 5.74) is 7.01. The molecule has 2 atom stereocenters. The Kier molecular flexibility index (Phi) is 4.34. The third-order valence-corrected chi connectivity index (χ3v) is 5.50. The summed E-state index contributed by atoms with van der Waals surface area (Å²) in [5, 5.41) is -0.338. The van der Waals surface area contributed by atoms with Crippen LogP contribution in [0.25, 0.3) is 0 Å². The first kappa shape index (κ1) is 12.7. The van der Waals surface area contributed by atoms with Gasteiger partial charge in [0, 0.05) is 6.04 Å². The minimum absolute atomic E-state index is 0.261. The maximum Gasteiger partial charge on any atom is 0.154 e. The molecule has 2 N–H and O–H groups in total. The molecular formula is C11H21NO2S. The third kappa shape index (κ3) is 3.31. The molecule has 1 saturated heterocycles. The minimum Gasteiger partial charge on any atom is -0.326 e. The maximum atomic E-state index is 11.8.